The highest BCUT2D eigenvalue weighted by molar-refractivity contribution is 6.30. The summed E-state index contributed by atoms with van der Waals surface area (Å²) in [5.41, 5.74) is 2.00. The van der Waals surface area contributed by atoms with E-state index in [-0.39, 0.29) is 29.6 Å². The van der Waals surface area contributed by atoms with E-state index in [1.807, 2.05) is 0 Å². The molecule has 0 spiro atoms. The van der Waals surface area contributed by atoms with Crippen molar-refractivity contribution < 1.29 is 24.0 Å². The average Bonchev–Trinajstić information content (AvgIpc) is 3.10. The molecule has 160 valence electrons. The highest BCUT2D eigenvalue weighted by atomic mass is 35.5. The van der Waals surface area contributed by atoms with Gasteiger partial charge in [-0.1, -0.05) is 11.6 Å². The quantitative estimate of drug-likeness (QED) is 0.215. The lowest BCUT2D eigenvalue weighted by Gasteiger charge is -2.11. The molecule has 1 heterocycles. The maximum absolute atomic E-state index is 12.7. The zero-order chi connectivity index (χ0) is 22.8. The Bertz CT molecular complexity index is 1260. The first-order chi connectivity index (χ1) is 15.3. The minimum absolute atomic E-state index is 0.0418. The number of benzene rings is 3. The third kappa shape index (κ3) is 4.24. The van der Waals surface area contributed by atoms with E-state index in [4.69, 9.17) is 21.1 Å². The number of halogens is 1. The fourth-order valence-electron chi connectivity index (χ4n) is 3.23. The molecule has 0 bridgehead atoms. The number of non-ortho nitro benzene ring substituents is 1. The number of ether oxygens (including phenoxy) is 2. The second-order valence-electron chi connectivity index (χ2n) is 7.07. The molecule has 0 saturated heterocycles. The third-order valence-electron chi connectivity index (χ3n) is 4.96. The van der Waals surface area contributed by atoms with Gasteiger partial charge in [0.05, 0.1) is 10.5 Å². The molecule has 7 nitrogen and oxygen atoms in total. The van der Waals surface area contributed by atoms with Gasteiger partial charge in [-0.25, -0.2) is 0 Å². The van der Waals surface area contributed by atoms with Gasteiger partial charge in [-0.15, -0.1) is 0 Å². The summed E-state index contributed by atoms with van der Waals surface area (Å²) in [7, 11) is 0. The number of hydrogen-bond donors (Lipinski definition) is 0. The Balaban J connectivity index is 1.51. The molecular weight excluding hydrogens is 434 g/mol. The summed E-state index contributed by atoms with van der Waals surface area (Å²) >= 11 is 5.84. The lowest BCUT2D eigenvalue weighted by Crippen LogP contribution is -2.12. The van der Waals surface area contributed by atoms with Crippen LogP contribution in [-0.4, -0.2) is 23.1 Å². The van der Waals surface area contributed by atoms with E-state index < -0.39 is 4.92 Å². The zero-order valence-corrected chi connectivity index (χ0v) is 17.6. The number of nitro benzene ring substituents is 1. The van der Waals surface area contributed by atoms with Gasteiger partial charge in [0.25, 0.3) is 5.69 Å². The minimum atomic E-state index is -0.493. The molecule has 3 aromatic carbocycles. The van der Waals surface area contributed by atoms with Crippen molar-refractivity contribution in [2.45, 2.75) is 6.92 Å². The van der Waals surface area contributed by atoms with E-state index in [1.165, 1.54) is 30.3 Å². The van der Waals surface area contributed by atoms with Gasteiger partial charge in [0.2, 0.25) is 5.78 Å². The van der Waals surface area contributed by atoms with Crippen molar-refractivity contribution in [1.29, 1.82) is 0 Å². The van der Waals surface area contributed by atoms with Gasteiger partial charge < -0.3 is 9.47 Å². The predicted molar refractivity (Wildman–Crippen MR) is 118 cm³/mol. The Kier molecular flexibility index (Phi) is 5.75. The first kappa shape index (κ1) is 21.3. The molecule has 0 aliphatic carbocycles. The largest absolute Gasteiger partial charge is 0.485 e. The molecular formula is C24H16ClNO6. The Morgan fingerprint density at radius 2 is 1.78 bits per heavy atom. The Hall–Kier alpha value is -3.97. The highest BCUT2D eigenvalue weighted by Crippen LogP contribution is 2.39. The van der Waals surface area contributed by atoms with E-state index in [0.29, 0.717) is 38.8 Å². The number of nitro groups is 1. The summed E-state index contributed by atoms with van der Waals surface area (Å²) in [6.07, 6.45) is 1.52. The van der Waals surface area contributed by atoms with Crippen molar-refractivity contribution in [1.82, 2.24) is 0 Å². The number of rotatable bonds is 6. The molecule has 0 amide bonds. The van der Waals surface area contributed by atoms with Crippen LogP contribution < -0.4 is 9.47 Å². The van der Waals surface area contributed by atoms with Crippen LogP contribution in [0.25, 0.3) is 6.08 Å². The summed E-state index contributed by atoms with van der Waals surface area (Å²) in [6.45, 7) is 1.56. The number of ketones is 2. The van der Waals surface area contributed by atoms with Crippen LogP contribution in [0, 0.1) is 17.0 Å². The van der Waals surface area contributed by atoms with E-state index in [0.717, 1.165) is 0 Å². The zero-order valence-electron chi connectivity index (χ0n) is 16.8. The van der Waals surface area contributed by atoms with Crippen LogP contribution in [0.4, 0.5) is 5.69 Å². The Morgan fingerprint density at radius 3 is 2.44 bits per heavy atom. The first-order valence-corrected chi connectivity index (χ1v) is 9.95. The molecule has 0 fully saturated rings. The van der Waals surface area contributed by atoms with Crippen LogP contribution in [-0.2, 0) is 0 Å². The SMILES string of the molecule is Cc1c(OCC(=O)c2ccc(Cl)cc2)ccc2c1O/C(=C\c1ccc([N+](=O)[O-])cc1)C2=O. The number of Topliss-reactive ketones (excluding diaryl/α,β-unsaturated/α-hetero) is 2. The molecule has 0 radical (unpaired) electrons. The molecule has 1 aliphatic rings. The van der Waals surface area contributed by atoms with Gasteiger partial charge in [0.15, 0.2) is 18.1 Å². The number of allylic oxidation sites excluding steroid dienone is 1. The summed E-state index contributed by atoms with van der Waals surface area (Å²) in [5.74, 6) is 0.379. The predicted octanol–water partition coefficient (Wildman–Crippen LogP) is 5.43. The molecule has 0 atom stereocenters. The summed E-state index contributed by atoms with van der Waals surface area (Å²) in [6, 6.07) is 15.5. The van der Waals surface area contributed by atoms with Crippen molar-refractivity contribution >= 4 is 34.9 Å². The molecule has 0 unspecified atom stereocenters. The van der Waals surface area contributed by atoms with Crippen LogP contribution in [0.5, 0.6) is 11.5 Å². The highest BCUT2D eigenvalue weighted by Gasteiger charge is 2.30. The molecule has 0 aromatic heterocycles. The van der Waals surface area contributed by atoms with E-state index >= 15 is 0 Å². The van der Waals surface area contributed by atoms with Gasteiger partial charge in [-0.2, -0.15) is 0 Å². The fourth-order valence-corrected chi connectivity index (χ4v) is 3.36. The molecule has 4 rings (SSSR count). The average molecular weight is 450 g/mol. The van der Waals surface area contributed by atoms with E-state index in [1.54, 1.807) is 43.3 Å². The second-order valence-corrected chi connectivity index (χ2v) is 7.51. The van der Waals surface area contributed by atoms with Crippen molar-refractivity contribution in [3.05, 3.63) is 104 Å². The van der Waals surface area contributed by atoms with Crippen LogP contribution in [0.15, 0.2) is 66.4 Å². The molecule has 0 N–H and O–H groups in total. The van der Waals surface area contributed by atoms with Gasteiger partial charge in [0, 0.05) is 28.3 Å². The van der Waals surface area contributed by atoms with Crippen LogP contribution in [0.1, 0.15) is 31.8 Å². The van der Waals surface area contributed by atoms with Crippen molar-refractivity contribution in [2.75, 3.05) is 6.61 Å². The number of hydrogen-bond acceptors (Lipinski definition) is 6. The number of carbonyl (C=O) groups excluding carboxylic acids is 2. The van der Waals surface area contributed by atoms with E-state index in [2.05, 4.69) is 0 Å². The van der Waals surface area contributed by atoms with Crippen LogP contribution >= 0.6 is 11.6 Å². The number of fused-ring (bicyclic) bond motifs is 1. The third-order valence-corrected chi connectivity index (χ3v) is 5.22. The van der Waals surface area contributed by atoms with E-state index in [9.17, 15) is 19.7 Å². The van der Waals surface area contributed by atoms with Crippen molar-refractivity contribution in [2.24, 2.45) is 0 Å². The van der Waals surface area contributed by atoms with Gasteiger partial charge >= 0.3 is 0 Å². The van der Waals surface area contributed by atoms with Crippen molar-refractivity contribution in [3.63, 3.8) is 0 Å². The molecule has 1 aliphatic heterocycles. The van der Waals surface area contributed by atoms with Gasteiger partial charge in [-0.3, -0.25) is 19.7 Å². The maximum atomic E-state index is 12.7. The molecule has 0 saturated carbocycles. The first-order valence-electron chi connectivity index (χ1n) is 9.57. The summed E-state index contributed by atoms with van der Waals surface area (Å²) < 4.78 is 11.5. The number of carbonyl (C=O) groups is 2. The normalized spacial score (nSPS) is 13.6. The second kappa shape index (κ2) is 8.64. The minimum Gasteiger partial charge on any atom is -0.485 e. The molecule has 3 aromatic rings. The Morgan fingerprint density at radius 1 is 1.09 bits per heavy atom. The van der Waals surface area contributed by atoms with Crippen LogP contribution in [0.2, 0.25) is 5.02 Å². The topological polar surface area (TPSA) is 95.7 Å². The van der Waals surface area contributed by atoms with Crippen molar-refractivity contribution in [3.8, 4) is 11.5 Å². The fraction of sp³-hybridized carbons (Fsp3) is 0.0833. The standard InChI is InChI=1S/C24H16ClNO6/c1-14-21(31-13-20(27)16-4-6-17(25)7-5-16)11-10-19-23(28)22(32-24(14)19)12-15-2-8-18(9-3-15)26(29)30/h2-12H,13H2,1H3/b22-12-. The lowest BCUT2D eigenvalue weighted by atomic mass is 10.1. The maximum Gasteiger partial charge on any atom is 0.269 e. The van der Waals surface area contributed by atoms with Gasteiger partial charge in [-0.05, 0) is 67.1 Å². The Labute approximate surface area is 188 Å². The van der Waals surface area contributed by atoms with Gasteiger partial charge in [0.1, 0.15) is 11.5 Å². The monoisotopic (exact) mass is 449 g/mol. The smallest absolute Gasteiger partial charge is 0.269 e. The lowest BCUT2D eigenvalue weighted by molar-refractivity contribution is -0.384. The summed E-state index contributed by atoms with van der Waals surface area (Å²) in [4.78, 5) is 35.4. The van der Waals surface area contributed by atoms with Crippen LogP contribution in [0.3, 0.4) is 0 Å². The molecule has 8 heteroatoms. The number of nitrogens with zero attached hydrogens (tertiary/aromatic N) is 1. The summed E-state index contributed by atoms with van der Waals surface area (Å²) in [5, 5.41) is 11.3. The molecule has 32 heavy (non-hydrogen) atoms.